The summed E-state index contributed by atoms with van der Waals surface area (Å²) < 4.78 is 16.0. The van der Waals surface area contributed by atoms with Crippen molar-refractivity contribution in [3.05, 3.63) is 75.7 Å². The molecule has 33 heavy (non-hydrogen) atoms. The number of benzene rings is 2. The van der Waals surface area contributed by atoms with Crippen LogP contribution < -0.4 is 14.4 Å². The number of furan rings is 1. The van der Waals surface area contributed by atoms with Crippen LogP contribution in [0.25, 0.3) is 5.76 Å². The smallest absolute Gasteiger partial charge is 0.300 e. The van der Waals surface area contributed by atoms with Crippen LogP contribution in [0.1, 0.15) is 17.4 Å². The lowest BCUT2D eigenvalue weighted by Crippen LogP contribution is -2.29. The molecule has 0 aliphatic carbocycles. The Labute approximate surface area is 198 Å². The number of nitrogens with zero attached hydrogens (tertiary/aromatic N) is 1. The number of hydrogen-bond donors (Lipinski definition) is 2. The highest BCUT2D eigenvalue weighted by Gasteiger charge is 2.49. The van der Waals surface area contributed by atoms with E-state index in [4.69, 9.17) is 37.1 Å². The number of phenolic OH excluding ortho intramolecular Hbond substituents is 1. The molecule has 1 aliphatic heterocycles. The van der Waals surface area contributed by atoms with Crippen molar-refractivity contribution in [1.82, 2.24) is 0 Å². The van der Waals surface area contributed by atoms with E-state index in [-0.39, 0.29) is 49.9 Å². The monoisotopic (exact) mass is 489 g/mol. The molecule has 1 atom stereocenters. The molecule has 1 unspecified atom stereocenters. The number of aliphatic hydroxyl groups excluding tert-OH is 1. The van der Waals surface area contributed by atoms with Gasteiger partial charge in [0.1, 0.15) is 28.3 Å². The van der Waals surface area contributed by atoms with Crippen molar-refractivity contribution < 1.29 is 33.7 Å². The molecule has 1 amide bonds. The van der Waals surface area contributed by atoms with Crippen molar-refractivity contribution >= 4 is 46.3 Å². The van der Waals surface area contributed by atoms with Gasteiger partial charge in [0, 0.05) is 0 Å². The van der Waals surface area contributed by atoms with Crippen LogP contribution >= 0.6 is 23.2 Å². The van der Waals surface area contributed by atoms with Gasteiger partial charge >= 0.3 is 0 Å². The standard InChI is InChI=1S/C23H17Cl2NO7/c1-31-21-11(10-12(24)22(32-2)17(21)25)19(28)16-18(15-8-5-9-33-15)26(23(30)20(16)29)13-6-3-4-7-14(13)27/h3-10,18,27-28H,1-2H3/b19-16-. The van der Waals surface area contributed by atoms with Crippen LogP contribution in [0.15, 0.2) is 58.7 Å². The third-order valence-electron chi connectivity index (χ3n) is 5.19. The maximum atomic E-state index is 13.1. The second kappa shape index (κ2) is 8.73. The summed E-state index contributed by atoms with van der Waals surface area (Å²) in [5, 5.41) is 21.7. The number of carbonyl (C=O) groups excluding carboxylic acids is 2. The molecule has 2 aromatic carbocycles. The zero-order chi connectivity index (χ0) is 23.9. The maximum absolute atomic E-state index is 13.1. The SMILES string of the molecule is COc1c(Cl)cc(/C(O)=C2/C(=O)C(=O)N(c3ccccc3O)C2c2ccco2)c(OC)c1Cl. The van der Waals surface area contributed by atoms with E-state index >= 15 is 0 Å². The fraction of sp³-hybridized carbons (Fsp3) is 0.130. The van der Waals surface area contributed by atoms with E-state index in [9.17, 15) is 19.8 Å². The lowest BCUT2D eigenvalue weighted by molar-refractivity contribution is -0.132. The molecule has 170 valence electrons. The summed E-state index contributed by atoms with van der Waals surface area (Å²) >= 11 is 12.6. The Hall–Kier alpha value is -3.62. The van der Waals surface area contributed by atoms with Gasteiger partial charge in [0.25, 0.3) is 11.7 Å². The molecule has 1 aliphatic rings. The van der Waals surface area contributed by atoms with E-state index in [0.717, 1.165) is 4.90 Å². The van der Waals surface area contributed by atoms with E-state index in [0.29, 0.717) is 0 Å². The third-order valence-corrected chi connectivity index (χ3v) is 5.82. The van der Waals surface area contributed by atoms with Gasteiger partial charge in [-0.3, -0.25) is 14.5 Å². The maximum Gasteiger partial charge on any atom is 0.300 e. The minimum absolute atomic E-state index is 0.0117. The second-order valence-electron chi connectivity index (χ2n) is 6.96. The molecule has 1 saturated heterocycles. The molecule has 0 bridgehead atoms. The van der Waals surface area contributed by atoms with Crippen LogP contribution in [-0.2, 0) is 9.59 Å². The van der Waals surface area contributed by atoms with Gasteiger partial charge in [-0.05, 0) is 30.3 Å². The Balaban J connectivity index is 2.01. The van der Waals surface area contributed by atoms with Crippen molar-refractivity contribution in [2.24, 2.45) is 0 Å². The number of methoxy groups -OCH3 is 2. The zero-order valence-corrected chi connectivity index (χ0v) is 18.8. The van der Waals surface area contributed by atoms with E-state index < -0.39 is 23.5 Å². The Bertz CT molecular complexity index is 1280. The van der Waals surface area contributed by atoms with E-state index in [1.165, 1.54) is 38.7 Å². The summed E-state index contributed by atoms with van der Waals surface area (Å²) in [4.78, 5) is 27.3. The predicted molar refractivity (Wildman–Crippen MR) is 121 cm³/mol. The molecule has 10 heteroatoms. The zero-order valence-electron chi connectivity index (χ0n) is 17.3. The van der Waals surface area contributed by atoms with Gasteiger partial charge in [0.2, 0.25) is 0 Å². The largest absolute Gasteiger partial charge is 0.507 e. The summed E-state index contributed by atoms with van der Waals surface area (Å²) in [6.45, 7) is 0. The molecule has 2 heterocycles. The fourth-order valence-electron chi connectivity index (χ4n) is 3.76. The molecule has 0 radical (unpaired) electrons. The number of para-hydroxylation sites is 2. The van der Waals surface area contributed by atoms with Crippen molar-refractivity contribution in [3.63, 3.8) is 0 Å². The molecule has 3 aromatic rings. The normalized spacial score (nSPS) is 17.5. The minimum atomic E-state index is -1.18. The molecule has 1 fully saturated rings. The number of amides is 1. The van der Waals surface area contributed by atoms with Crippen LogP contribution in [0.4, 0.5) is 5.69 Å². The van der Waals surface area contributed by atoms with Crippen molar-refractivity contribution in [3.8, 4) is 17.2 Å². The molecule has 1 aromatic heterocycles. The first-order valence-corrected chi connectivity index (χ1v) is 10.3. The highest BCUT2D eigenvalue weighted by molar-refractivity contribution is 6.52. The van der Waals surface area contributed by atoms with Gasteiger partial charge in [0.15, 0.2) is 11.5 Å². The van der Waals surface area contributed by atoms with Gasteiger partial charge in [-0.15, -0.1) is 0 Å². The number of hydrogen-bond acceptors (Lipinski definition) is 7. The number of phenols is 1. The third kappa shape index (κ3) is 3.57. The van der Waals surface area contributed by atoms with E-state index in [1.54, 1.807) is 24.3 Å². The summed E-state index contributed by atoms with van der Waals surface area (Å²) in [6.07, 6.45) is 1.36. The van der Waals surface area contributed by atoms with Gasteiger partial charge in [-0.1, -0.05) is 35.3 Å². The number of ether oxygens (including phenoxy) is 2. The van der Waals surface area contributed by atoms with Crippen LogP contribution in [0.2, 0.25) is 10.0 Å². The molecule has 4 rings (SSSR count). The molecular weight excluding hydrogens is 473 g/mol. The Morgan fingerprint density at radius 3 is 2.36 bits per heavy atom. The highest BCUT2D eigenvalue weighted by atomic mass is 35.5. The number of rotatable bonds is 5. The average molecular weight is 490 g/mol. The Morgan fingerprint density at radius 1 is 1.06 bits per heavy atom. The van der Waals surface area contributed by atoms with Gasteiger partial charge in [-0.25, -0.2) is 0 Å². The summed E-state index contributed by atoms with van der Waals surface area (Å²) in [6, 6.07) is 9.26. The van der Waals surface area contributed by atoms with Crippen molar-refractivity contribution in [1.29, 1.82) is 0 Å². The molecular formula is C23H17Cl2NO7. The highest BCUT2D eigenvalue weighted by Crippen LogP contribution is 2.48. The molecule has 0 spiro atoms. The Morgan fingerprint density at radius 2 is 1.76 bits per heavy atom. The Kier molecular flexibility index (Phi) is 5.97. The fourth-order valence-corrected chi connectivity index (χ4v) is 4.44. The molecule has 8 nitrogen and oxygen atoms in total. The average Bonchev–Trinajstić information content (AvgIpc) is 3.41. The number of carbonyl (C=O) groups is 2. The van der Waals surface area contributed by atoms with E-state index in [1.807, 2.05) is 0 Å². The number of aliphatic hydroxyl groups is 1. The summed E-state index contributed by atoms with van der Waals surface area (Å²) in [5.41, 5.74) is -0.258. The number of Topliss-reactive ketones (excluding diaryl/α,β-unsaturated/α-hetero) is 1. The van der Waals surface area contributed by atoms with Crippen LogP contribution in [0.5, 0.6) is 17.2 Å². The van der Waals surface area contributed by atoms with Gasteiger partial charge in [-0.2, -0.15) is 0 Å². The summed E-state index contributed by atoms with van der Waals surface area (Å²) in [7, 11) is 2.68. The van der Waals surface area contributed by atoms with Crippen LogP contribution in [0.3, 0.4) is 0 Å². The first kappa shape index (κ1) is 22.6. The minimum Gasteiger partial charge on any atom is -0.507 e. The van der Waals surface area contributed by atoms with E-state index in [2.05, 4.69) is 0 Å². The predicted octanol–water partition coefficient (Wildman–Crippen LogP) is 4.94. The lowest BCUT2D eigenvalue weighted by Gasteiger charge is -2.24. The van der Waals surface area contributed by atoms with Crippen molar-refractivity contribution in [2.75, 3.05) is 19.1 Å². The molecule has 2 N–H and O–H groups in total. The first-order valence-electron chi connectivity index (χ1n) is 9.54. The summed E-state index contributed by atoms with van der Waals surface area (Å²) in [5.74, 6) is -2.50. The first-order chi connectivity index (χ1) is 15.8. The number of aromatic hydroxyl groups is 1. The van der Waals surface area contributed by atoms with Gasteiger partial charge in [0.05, 0.1) is 42.3 Å². The number of ketones is 1. The topological polar surface area (TPSA) is 109 Å². The number of anilines is 1. The van der Waals surface area contributed by atoms with Crippen molar-refractivity contribution in [2.45, 2.75) is 6.04 Å². The van der Waals surface area contributed by atoms with Crippen LogP contribution in [-0.4, -0.2) is 36.1 Å². The van der Waals surface area contributed by atoms with Gasteiger partial charge < -0.3 is 24.1 Å². The lowest BCUT2D eigenvalue weighted by atomic mass is 9.98. The molecule has 0 saturated carbocycles. The van der Waals surface area contributed by atoms with Crippen LogP contribution in [0, 0.1) is 0 Å². The second-order valence-corrected chi connectivity index (χ2v) is 7.74. The number of halogens is 2. The quantitative estimate of drug-likeness (QED) is 0.296.